The first-order valence-electron chi connectivity index (χ1n) is 5.86. The Morgan fingerprint density at radius 2 is 2.16 bits per heavy atom. The van der Waals surface area contributed by atoms with Gasteiger partial charge < -0.3 is 5.32 Å². The molecule has 0 saturated carbocycles. The fourth-order valence-corrected chi connectivity index (χ4v) is 3.10. The van der Waals surface area contributed by atoms with E-state index >= 15 is 0 Å². The molecule has 0 aliphatic rings. The van der Waals surface area contributed by atoms with Crippen molar-refractivity contribution < 1.29 is 4.39 Å². The molecule has 19 heavy (non-hydrogen) atoms. The van der Waals surface area contributed by atoms with E-state index in [4.69, 9.17) is 11.6 Å². The molecule has 2 aromatic rings. The molecule has 0 amide bonds. The second-order valence-corrected chi connectivity index (χ2v) is 5.45. The molecule has 1 heterocycles. The Hall–Kier alpha value is -1.10. The van der Waals surface area contributed by atoms with Crippen molar-refractivity contribution >= 4 is 23.4 Å². The summed E-state index contributed by atoms with van der Waals surface area (Å²) in [6.45, 7) is 0. The molecule has 0 aliphatic heterocycles. The maximum Gasteiger partial charge on any atom is 0.146 e. The lowest BCUT2D eigenvalue weighted by atomic mass is 10.1. The number of rotatable bonds is 5. The molecule has 0 radical (unpaired) electrons. The van der Waals surface area contributed by atoms with Crippen molar-refractivity contribution in [2.75, 3.05) is 12.8 Å². The van der Waals surface area contributed by atoms with Gasteiger partial charge in [0, 0.05) is 28.5 Å². The zero-order valence-corrected chi connectivity index (χ0v) is 12.0. The third-order valence-corrected chi connectivity index (χ3v) is 4.38. The van der Waals surface area contributed by atoms with Crippen molar-refractivity contribution in [3.63, 3.8) is 0 Å². The molecule has 0 bridgehead atoms. The van der Waals surface area contributed by atoms with Crippen LogP contribution >= 0.6 is 23.4 Å². The highest BCUT2D eigenvalue weighted by Crippen LogP contribution is 2.30. The van der Waals surface area contributed by atoms with Crippen LogP contribution in [0.15, 0.2) is 47.6 Å². The summed E-state index contributed by atoms with van der Waals surface area (Å²) in [6.07, 6.45) is 2.84. The normalized spacial score (nSPS) is 12.4. The smallest absolute Gasteiger partial charge is 0.146 e. The minimum atomic E-state index is -0.290. The summed E-state index contributed by atoms with van der Waals surface area (Å²) in [5, 5.41) is 3.84. The first kappa shape index (κ1) is 14.3. The van der Waals surface area contributed by atoms with Gasteiger partial charge in [-0.2, -0.15) is 0 Å². The minimum absolute atomic E-state index is 0.0794. The van der Waals surface area contributed by atoms with Gasteiger partial charge in [0.15, 0.2) is 0 Å². The van der Waals surface area contributed by atoms with E-state index in [2.05, 4.69) is 10.3 Å². The van der Waals surface area contributed by atoms with Gasteiger partial charge in [-0.15, -0.1) is 11.8 Å². The predicted molar refractivity (Wildman–Crippen MR) is 78.2 cm³/mol. The van der Waals surface area contributed by atoms with Crippen molar-refractivity contribution in [3.8, 4) is 0 Å². The van der Waals surface area contributed by atoms with E-state index < -0.39 is 0 Å². The molecule has 2 nitrogen and oxygen atoms in total. The average molecular weight is 297 g/mol. The van der Waals surface area contributed by atoms with Gasteiger partial charge in [-0.05, 0) is 25.2 Å². The van der Waals surface area contributed by atoms with E-state index in [0.29, 0.717) is 11.3 Å². The topological polar surface area (TPSA) is 24.9 Å². The Labute approximate surface area is 121 Å². The number of benzene rings is 1. The van der Waals surface area contributed by atoms with Crippen LogP contribution in [0.1, 0.15) is 11.6 Å². The van der Waals surface area contributed by atoms with Crippen LogP contribution in [0.4, 0.5) is 4.39 Å². The first-order valence-corrected chi connectivity index (χ1v) is 7.22. The third-order valence-electron chi connectivity index (χ3n) is 2.77. The quantitative estimate of drug-likeness (QED) is 0.846. The molecule has 5 heteroatoms. The SMILES string of the molecule is CNC(CSc1ccccc1Cl)c1ccncc1F. The number of halogens is 2. The highest BCUT2D eigenvalue weighted by Gasteiger charge is 2.14. The molecule has 0 aliphatic carbocycles. The molecule has 1 aromatic carbocycles. The molecule has 0 spiro atoms. The van der Waals surface area contributed by atoms with Crippen molar-refractivity contribution in [2.45, 2.75) is 10.9 Å². The standard InChI is InChI=1S/C14H14ClFN2S/c1-17-13(10-6-7-18-8-12(10)16)9-19-14-5-3-2-4-11(14)15/h2-8,13,17H,9H2,1H3. The summed E-state index contributed by atoms with van der Waals surface area (Å²) in [5.74, 6) is 0.405. The maximum absolute atomic E-state index is 13.7. The first-order chi connectivity index (χ1) is 9.22. The van der Waals surface area contributed by atoms with Gasteiger partial charge in [0.05, 0.1) is 11.2 Å². The van der Waals surface area contributed by atoms with Gasteiger partial charge in [-0.25, -0.2) is 4.39 Å². The van der Waals surface area contributed by atoms with Gasteiger partial charge >= 0.3 is 0 Å². The lowest BCUT2D eigenvalue weighted by Gasteiger charge is -2.17. The average Bonchev–Trinajstić information content (AvgIpc) is 2.43. The number of thioether (sulfide) groups is 1. The number of nitrogens with one attached hydrogen (secondary N) is 1. The van der Waals surface area contributed by atoms with Crippen LogP contribution in [-0.4, -0.2) is 17.8 Å². The van der Waals surface area contributed by atoms with Gasteiger partial charge in [-0.1, -0.05) is 23.7 Å². The number of hydrogen-bond acceptors (Lipinski definition) is 3. The zero-order valence-electron chi connectivity index (χ0n) is 10.4. The predicted octanol–water partition coefficient (Wildman–Crippen LogP) is 3.93. The molecular weight excluding hydrogens is 283 g/mol. The molecule has 1 aromatic heterocycles. The van der Waals surface area contributed by atoms with Crippen molar-refractivity contribution in [3.05, 3.63) is 59.1 Å². The van der Waals surface area contributed by atoms with E-state index in [9.17, 15) is 4.39 Å². The largest absolute Gasteiger partial charge is 0.312 e. The molecule has 0 fully saturated rings. The van der Waals surface area contributed by atoms with E-state index in [1.807, 2.05) is 31.3 Å². The minimum Gasteiger partial charge on any atom is -0.312 e. The van der Waals surface area contributed by atoms with Crippen LogP contribution in [0, 0.1) is 5.82 Å². The van der Waals surface area contributed by atoms with Crippen LogP contribution in [-0.2, 0) is 0 Å². The summed E-state index contributed by atoms with van der Waals surface area (Å²) >= 11 is 7.70. The summed E-state index contributed by atoms with van der Waals surface area (Å²) in [5.41, 5.74) is 0.622. The van der Waals surface area contributed by atoms with E-state index in [1.54, 1.807) is 24.0 Å². The van der Waals surface area contributed by atoms with Gasteiger partial charge in [0.25, 0.3) is 0 Å². The molecule has 1 N–H and O–H groups in total. The second-order valence-electron chi connectivity index (χ2n) is 3.98. The summed E-state index contributed by atoms with van der Waals surface area (Å²) in [7, 11) is 1.82. The molecule has 2 rings (SSSR count). The van der Waals surface area contributed by atoms with Crippen LogP contribution in [0.2, 0.25) is 5.02 Å². The summed E-state index contributed by atoms with van der Waals surface area (Å²) in [4.78, 5) is 4.76. The molecule has 1 atom stereocenters. The summed E-state index contributed by atoms with van der Waals surface area (Å²) in [6, 6.07) is 9.27. The highest BCUT2D eigenvalue weighted by atomic mass is 35.5. The molecule has 100 valence electrons. The zero-order chi connectivity index (χ0) is 13.7. The molecule has 1 unspecified atom stereocenters. The van der Waals surface area contributed by atoms with E-state index in [0.717, 1.165) is 9.92 Å². The molecule has 0 saturated heterocycles. The monoisotopic (exact) mass is 296 g/mol. The number of aromatic nitrogens is 1. The number of pyridine rings is 1. The number of hydrogen-bond donors (Lipinski definition) is 1. The van der Waals surface area contributed by atoms with Gasteiger partial charge in [0.2, 0.25) is 0 Å². The molecular formula is C14H14ClFN2S. The Morgan fingerprint density at radius 1 is 1.37 bits per heavy atom. The van der Waals surface area contributed by atoms with Crippen LogP contribution in [0.5, 0.6) is 0 Å². The van der Waals surface area contributed by atoms with Gasteiger partial charge in [0.1, 0.15) is 5.82 Å². The highest BCUT2D eigenvalue weighted by molar-refractivity contribution is 7.99. The van der Waals surface area contributed by atoms with E-state index in [1.165, 1.54) is 6.20 Å². The Morgan fingerprint density at radius 3 is 2.84 bits per heavy atom. The van der Waals surface area contributed by atoms with E-state index in [-0.39, 0.29) is 11.9 Å². The maximum atomic E-state index is 13.7. The van der Waals surface area contributed by atoms with Crippen LogP contribution < -0.4 is 5.32 Å². The van der Waals surface area contributed by atoms with Crippen molar-refractivity contribution in [1.29, 1.82) is 0 Å². The lowest BCUT2D eigenvalue weighted by molar-refractivity contribution is 0.560. The Balaban J connectivity index is 2.09. The Bertz CT molecular complexity index is 550. The summed E-state index contributed by atoms with van der Waals surface area (Å²) < 4.78 is 13.7. The number of nitrogens with zero attached hydrogens (tertiary/aromatic N) is 1. The second kappa shape index (κ2) is 6.89. The lowest BCUT2D eigenvalue weighted by Crippen LogP contribution is -2.20. The van der Waals surface area contributed by atoms with Gasteiger partial charge in [-0.3, -0.25) is 4.98 Å². The van der Waals surface area contributed by atoms with Crippen LogP contribution in [0.25, 0.3) is 0 Å². The third kappa shape index (κ3) is 3.69. The van der Waals surface area contributed by atoms with Crippen molar-refractivity contribution in [1.82, 2.24) is 10.3 Å². The van der Waals surface area contributed by atoms with Crippen molar-refractivity contribution in [2.24, 2.45) is 0 Å². The Kier molecular flexibility index (Phi) is 5.19. The van der Waals surface area contributed by atoms with Crippen LogP contribution in [0.3, 0.4) is 0 Å². The fraction of sp³-hybridized carbons (Fsp3) is 0.214. The fourth-order valence-electron chi connectivity index (χ4n) is 1.73.